The molecule has 0 spiro atoms. The minimum absolute atomic E-state index is 0.457. The Morgan fingerprint density at radius 1 is 1.55 bits per heavy atom. The van der Waals surface area contributed by atoms with Crippen molar-refractivity contribution in [3.8, 4) is 0 Å². The van der Waals surface area contributed by atoms with Crippen LogP contribution in [0.15, 0.2) is 10.7 Å². The summed E-state index contributed by atoms with van der Waals surface area (Å²) in [5.41, 5.74) is 1.27. The molecule has 0 amide bonds. The zero-order valence-electron chi connectivity index (χ0n) is 7.42. The molecule has 0 saturated carbocycles. The summed E-state index contributed by atoms with van der Waals surface area (Å²) in [6.07, 6.45) is 4.07. The molecule has 0 aliphatic rings. The third-order valence-corrected chi connectivity index (χ3v) is 1.72. The fraction of sp³-hybridized carbons (Fsp3) is 0.667. The van der Waals surface area contributed by atoms with Crippen LogP contribution in [0, 0.1) is 0 Å². The standard InChI is InChI=1S/C9H15NO/c1-4-5-8-6-10-11-9(8)7(2)3/h6-7H,4-5H2,1-3H3. The van der Waals surface area contributed by atoms with E-state index in [0.29, 0.717) is 5.92 Å². The summed E-state index contributed by atoms with van der Waals surface area (Å²) >= 11 is 0. The van der Waals surface area contributed by atoms with Crippen molar-refractivity contribution in [2.45, 2.75) is 39.5 Å². The predicted molar refractivity (Wildman–Crippen MR) is 44.6 cm³/mol. The first-order chi connectivity index (χ1) is 5.25. The fourth-order valence-electron chi connectivity index (χ4n) is 1.20. The topological polar surface area (TPSA) is 26.0 Å². The number of hydrogen-bond donors (Lipinski definition) is 0. The summed E-state index contributed by atoms with van der Waals surface area (Å²) in [5.74, 6) is 1.51. The third kappa shape index (κ3) is 1.82. The van der Waals surface area contributed by atoms with Gasteiger partial charge in [-0.3, -0.25) is 0 Å². The van der Waals surface area contributed by atoms with Crippen LogP contribution in [-0.2, 0) is 6.42 Å². The molecule has 0 radical (unpaired) electrons. The summed E-state index contributed by atoms with van der Waals surface area (Å²) in [4.78, 5) is 0. The van der Waals surface area contributed by atoms with E-state index in [9.17, 15) is 0 Å². The van der Waals surface area contributed by atoms with E-state index in [-0.39, 0.29) is 0 Å². The van der Waals surface area contributed by atoms with E-state index in [2.05, 4.69) is 25.9 Å². The Balaban J connectivity index is 2.78. The Bertz CT molecular complexity index is 215. The van der Waals surface area contributed by atoms with Gasteiger partial charge in [0.1, 0.15) is 5.76 Å². The zero-order valence-corrected chi connectivity index (χ0v) is 7.42. The van der Waals surface area contributed by atoms with E-state index in [4.69, 9.17) is 4.52 Å². The van der Waals surface area contributed by atoms with Gasteiger partial charge in [-0.15, -0.1) is 0 Å². The minimum atomic E-state index is 0.457. The lowest BCUT2D eigenvalue weighted by molar-refractivity contribution is 0.369. The van der Waals surface area contributed by atoms with E-state index in [0.717, 1.165) is 18.6 Å². The molecule has 2 nitrogen and oxygen atoms in total. The lowest BCUT2D eigenvalue weighted by Crippen LogP contribution is -1.90. The van der Waals surface area contributed by atoms with Gasteiger partial charge < -0.3 is 4.52 Å². The molecule has 0 saturated heterocycles. The molecule has 0 aliphatic heterocycles. The zero-order chi connectivity index (χ0) is 8.27. The number of rotatable bonds is 3. The normalized spacial score (nSPS) is 10.9. The molecule has 2 heteroatoms. The molecule has 0 bridgehead atoms. The highest BCUT2D eigenvalue weighted by atomic mass is 16.5. The fourth-order valence-corrected chi connectivity index (χ4v) is 1.20. The van der Waals surface area contributed by atoms with Gasteiger partial charge in [-0.05, 0) is 6.42 Å². The Kier molecular flexibility index (Phi) is 2.69. The smallest absolute Gasteiger partial charge is 0.142 e. The van der Waals surface area contributed by atoms with Crippen LogP contribution in [0.1, 0.15) is 44.4 Å². The van der Waals surface area contributed by atoms with Crippen LogP contribution in [-0.4, -0.2) is 5.16 Å². The Morgan fingerprint density at radius 2 is 2.27 bits per heavy atom. The average Bonchev–Trinajstić information content (AvgIpc) is 2.36. The second-order valence-corrected chi connectivity index (χ2v) is 3.12. The van der Waals surface area contributed by atoms with Crippen molar-refractivity contribution in [3.05, 3.63) is 17.5 Å². The Morgan fingerprint density at radius 3 is 2.82 bits per heavy atom. The van der Waals surface area contributed by atoms with Crippen LogP contribution in [0.5, 0.6) is 0 Å². The molecule has 1 rings (SSSR count). The molecule has 1 aromatic heterocycles. The van der Waals surface area contributed by atoms with E-state index in [1.165, 1.54) is 5.56 Å². The van der Waals surface area contributed by atoms with Crippen molar-refractivity contribution in [2.24, 2.45) is 0 Å². The molecule has 0 atom stereocenters. The van der Waals surface area contributed by atoms with Crippen molar-refractivity contribution in [2.75, 3.05) is 0 Å². The maximum atomic E-state index is 5.13. The molecule has 0 N–H and O–H groups in total. The van der Waals surface area contributed by atoms with Crippen molar-refractivity contribution in [1.82, 2.24) is 5.16 Å². The lowest BCUT2D eigenvalue weighted by Gasteiger charge is -2.00. The molecular formula is C9H15NO. The van der Waals surface area contributed by atoms with Gasteiger partial charge in [0.2, 0.25) is 0 Å². The van der Waals surface area contributed by atoms with Crippen molar-refractivity contribution in [3.63, 3.8) is 0 Å². The first-order valence-corrected chi connectivity index (χ1v) is 4.19. The van der Waals surface area contributed by atoms with Crippen LogP contribution >= 0.6 is 0 Å². The van der Waals surface area contributed by atoms with Gasteiger partial charge in [0.05, 0.1) is 6.20 Å². The van der Waals surface area contributed by atoms with Crippen molar-refractivity contribution >= 4 is 0 Å². The highest BCUT2D eigenvalue weighted by molar-refractivity contribution is 5.16. The second kappa shape index (κ2) is 3.56. The summed E-state index contributed by atoms with van der Waals surface area (Å²) in [6.45, 7) is 6.41. The van der Waals surface area contributed by atoms with Gasteiger partial charge in [-0.25, -0.2) is 0 Å². The molecule has 1 heterocycles. The maximum Gasteiger partial charge on any atom is 0.142 e. The molecule has 62 valence electrons. The van der Waals surface area contributed by atoms with Crippen LogP contribution in [0.3, 0.4) is 0 Å². The van der Waals surface area contributed by atoms with E-state index in [1.54, 1.807) is 0 Å². The van der Waals surface area contributed by atoms with Gasteiger partial charge in [-0.1, -0.05) is 32.3 Å². The quantitative estimate of drug-likeness (QED) is 0.667. The maximum absolute atomic E-state index is 5.13. The van der Waals surface area contributed by atoms with Crippen LogP contribution in [0.25, 0.3) is 0 Å². The highest BCUT2D eigenvalue weighted by Crippen LogP contribution is 2.19. The van der Waals surface area contributed by atoms with Gasteiger partial charge in [-0.2, -0.15) is 0 Å². The predicted octanol–water partition coefficient (Wildman–Crippen LogP) is 2.75. The number of aryl methyl sites for hydroxylation is 1. The van der Waals surface area contributed by atoms with Gasteiger partial charge in [0, 0.05) is 11.5 Å². The first kappa shape index (κ1) is 8.31. The van der Waals surface area contributed by atoms with E-state index < -0.39 is 0 Å². The SMILES string of the molecule is CCCc1cnoc1C(C)C. The first-order valence-electron chi connectivity index (χ1n) is 4.19. The molecule has 0 fully saturated rings. The number of aromatic nitrogens is 1. The minimum Gasteiger partial charge on any atom is -0.361 e. The van der Waals surface area contributed by atoms with Gasteiger partial charge >= 0.3 is 0 Å². The number of hydrogen-bond acceptors (Lipinski definition) is 2. The monoisotopic (exact) mass is 153 g/mol. The van der Waals surface area contributed by atoms with Crippen molar-refractivity contribution < 1.29 is 4.52 Å². The van der Waals surface area contributed by atoms with Crippen LogP contribution in [0.2, 0.25) is 0 Å². The van der Waals surface area contributed by atoms with Gasteiger partial charge in [0.15, 0.2) is 0 Å². The summed E-state index contributed by atoms with van der Waals surface area (Å²) < 4.78 is 5.13. The average molecular weight is 153 g/mol. The molecule has 1 aromatic rings. The van der Waals surface area contributed by atoms with E-state index >= 15 is 0 Å². The van der Waals surface area contributed by atoms with Crippen molar-refractivity contribution in [1.29, 1.82) is 0 Å². The highest BCUT2D eigenvalue weighted by Gasteiger charge is 2.09. The summed E-state index contributed by atoms with van der Waals surface area (Å²) in [7, 11) is 0. The third-order valence-electron chi connectivity index (χ3n) is 1.72. The summed E-state index contributed by atoms with van der Waals surface area (Å²) in [6, 6.07) is 0. The molecule has 0 aliphatic carbocycles. The van der Waals surface area contributed by atoms with Crippen LogP contribution in [0.4, 0.5) is 0 Å². The lowest BCUT2D eigenvalue weighted by atomic mass is 10.0. The number of nitrogens with zero attached hydrogens (tertiary/aromatic N) is 1. The van der Waals surface area contributed by atoms with E-state index in [1.807, 2.05) is 6.20 Å². The van der Waals surface area contributed by atoms with Crippen LogP contribution < -0.4 is 0 Å². The Hall–Kier alpha value is -0.790. The molecule has 11 heavy (non-hydrogen) atoms. The second-order valence-electron chi connectivity index (χ2n) is 3.12. The summed E-state index contributed by atoms with van der Waals surface area (Å²) in [5, 5.41) is 3.79. The van der Waals surface area contributed by atoms with Gasteiger partial charge in [0.25, 0.3) is 0 Å². The molecule has 0 unspecified atom stereocenters. The Labute approximate surface area is 67.6 Å². The largest absolute Gasteiger partial charge is 0.361 e. The molecular weight excluding hydrogens is 138 g/mol. The molecule has 0 aromatic carbocycles.